The molecule has 6 nitrogen and oxygen atoms in total. The van der Waals surface area contributed by atoms with E-state index in [0.29, 0.717) is 24.2 Å². The Morgan fingerprint density at radius 3 is 3.00 bits per heavy atom. The van der Waals surface area contributed by atoms with Crippen molar-refractivity contribution in [2.75, 3.05) is 6.61 Å². The van der Waals surface area contributed by atoms with Gasteiger partial charge in [-0.3, -0.25) is 4.98 Å². The fraction of sp³-hybridized carbons (Fsp3) is 0.571. The molecule has 1 fully saturated rings. The van der Waals surface area contributed by atoms with Crippen molar-refractivity contribution in [1.82, 2.24) is 10.3 Å². The topological polar surface area (TPSA) is 104 Å². The summed E-state index contributed by atoms with van der Waals surface area (Å²) in [5, 5.41) is 24.5. The van der Waals surface area contributed by atoms with Gasteiger partial charge in [0.2, 0.25) is 0 Å². The second kappa shape index (κ2) is 7.21. The molecule has 1 aliphatic carbocycles. The Labute approximate surface area is 118 Å². The van der Waals surface area contributed by atoms with E-state index in [4.69, 9.17) is 10.9 Å². The van der Waals surface area contributed by atoms with Crippen LogP contribution in [0.15, 0.2) is 23.5 Å². The van der Waals surface area contributed by atoms with Gasteiger partial charge in [-0.2, -0.15) is 0 Å². The first-order valence-corrected chi connectivity index (χ1v) is 7.01. The summed E-state index contributed by atoms with van der Waals surface area (Å²) in [7, 11) is 0. The average Bonchev–Trinajstić information content (AvgIpc) is 2.52. The number of aliphatic hydroxyl groups excluding tert-OH is 1. The minimum absolute atomic E-state index is 0.0118. The Hall–Kier alpha value is -1.66. The molecular weight excluding hydrogens is 256 g/mol. The Bertz CT molecular complexity index is 464. The number of aliphatic hydroxyl groups is 1. The van der Waals surface area contributed by atoms with Gasteiger partial charge in [0.1, 0.15) is 5.69 Å². The SMILES string of the molecule is N/C(=N/O)c1cc(CNC2CCCCC2CO)ccn1. The second-order valence-corrected chi connectivity index (χ2v) is 5.25. The van der Waals surface area contributed by atoms with E-state index in [1.165, 1.54) is 12.8 Å². The van der Waals surface area contributed by atoms with Gasteiger partial charge in [0.05, 0.1) is 0 Å². The number of oxime groups is 1. The van der Waals surface area contributed by atoms with Crippen molar-refractivity contribution < 1.29 is 10.3 Å². The van der Waals surface area contributed by atoms with Crippen molar-refractivity contribution in [2.24, 2.45) is 16.8 Å². The fourth-order valence-electron chi connectivity index (χ4n) is 2.72. The Morgan fingerprint density at radius 1 is 1.45 bits per heavy atom. The quantitative estimate of drug-likeness (QED) is 0.276. The molecule has 1 aromatic rings. The van der Waals surface area contributed by atoms with E-state index in [0.717, 1.165) is 18.4 Å². The lowest BCUT2D eigenvalue weighted by atomic mass is 9.85. The highest BCUT2D eigenvalue weighted by Crippen LogP contribution is 2.24. The normalized spacial score (nSPS) is 23.8. The maximum absolute atomic E-state index is 9.40. The predicted molar refractivity (Wildman–Crippen MR) is 76.4 cm³/mol. The molecule has 6 heteroatoms. The van der Waals surface area contributed by atoms with Crippen molar-refractivity contribution in [1.29, 1.82) is 0 Å². The third kappa shape index (κ3) is 3.68. The standard InChI is InChI=1S/C14H22N4O2/c15-14(18-20)13-7-10(5-6-16-13)8-17-12-4-2-1-3-11(12)9-19/h5-7,11-12,17,19-20H,1-4,8-9H2,(H2,15,18). The van der Waals surface area contributed by atoms with Gasteiger partial charge >= 0.3 is 0 Å². The summed E-state index contributed by atoms with van der Waals surface area (Å²) >= 11 is 0. The number of nitrogens with one attached hydrogen (secondary N) is 1. The molecule has 2 rings (SSSR count). The molecule has 5 N–H and O–H groups in total. The zero-order valence-electron chi connectivity index (χ0n) is 11.5. The van der Waals surface area contributed by atoms with Crippen LogP contribution in [-0.2, 0) is 6.54 Å². The first-order valence-electron chi connectivity index (χ1n) is 7.01. The molecule has 0 saturated heterocycles. The van der Waals surface area contributed by atoms with Gasteiger partial charge in [-0.1, -0.05) is 18.0 Å². The van der Waals surface area contributed by atoms with Crippen LogP contribution in [0.3, 0.4) is 0 Å². The highest BCUT2D eigenvalue weighted by molar-refractivity contribution is 5.95. The predicted octanol–water partition coefficient (Wildman–Crippen LogP) is 0.817. The molecule has 0 aromatic carbocycles. The molecular formula is C14H22N4O2. The highest BCUT2D eigenvalue weighted by Gasteiger charge is 2.23. The second-order valence-electron chi connectivity index (χ2n) is 5.25. The fourth-order valence-corrected chi connectivity index (χ4v) is 2.72. The van der Waals surface area contributed by atoms with Crippen molar-refractivity contribution >= 4 is 5.84 Å². The summed E-state index contributed by atoms with van der Waals surface area (Å²) in [6.07, 6.45) is 6.24. The lowest BCUT2D eigenvalue weighted by Gasteiger charge is -2.31. The molecule has 0 radical (unpaired) electrons. The lowest BCUT2D eigenvalue weighted by molar-refractivity contribution is 0.152. The molecule has 1 heterocycles. The van der Waals surface area contributed by atoms with Gasteiger partial charge in [-0.15, -0.1) is 0 Å². The molecule has 2 unspecified atom stereocenters. The average molecular weight is 278 g/mol. The number of hydrogen-bond donors (Lipinski definition) is 4. The monoisotopic (exact) mass is 278 g/mol. The number of nitrogens with two attached hydrogens (primary N) is 1. The highest BCUT2D eigenvalue weighted by atomic mass is 16.4. The summed E-state index contributed by atoms with van der Waals surface area (Å²) in [4.78, 5) is 4.05. The van der Waals surface area contributed by atoms with Gasteiger partial charge in [0.15, 0.2) is 5.84 Å². The molecule has 110 valence electrons. The zero-order valence-corrected chi connectivity index (χ0v) is 11.5. The van der Waals surface area contributed by atoms with Crippen LogP contribution in [0.1, 0.15) is 36.9 Å². The van der Waals surface area contributed by atoms with Crippen LogP contribution >= 0.6 is 0 Å². The maximum atomic E-state index is 9.40. The summed E-state index contributed by atoms with van der Waals surface area (Å²) in [6, 6.07) is 4.06. The van der Waals surface area contributed by atoms with Crippen molar-refractivity contribution in [3.05, 3.63) is 29.6 Å². The third-order valence-electron chi connectivity index (χ3n) is 3.91. The van der Waals surface area contributed by atoms with Crippen LogP contribution in [0, 0.1) is 5.92 Å². The van der Waals surface area contributed by atoms with Crippen molar-refractivity contribution in [3.8, 4) is 0 Å². The van der Waals surface area contributed by atoms with Crippen LogP contribution < -0.4 is 11.1 Å². The number of hydrogen-bond acceptors (Lipinski definition) is 5. The van der Waals surface area contributed by atoms with Crippen LogP contribution in [0.4, 0.5) is 0 Å². The largest absolute Gasteiger partial charge is 0.409 e. The lowest BCUT2D eigenvalue weighted by Crippen LogP contribution is -2.39. The summed E-state index contributed by atoms with van der Waals surface area (Å²) in [5.74, 6) is 0.354. The minimum atomic E-state index is 0.0118. The molecule has 0 amide bonds. The van der Waals surface area contributed by atoms with Crippen molar-refractivity contribution in [3.63, 3.8) is 0 Å². The third-order valence-corrected chi connectivity index (χ3v) is 3.91. The molecule has 0 spiro atoms. The van der Waals surface area contributed by atoms with Crippen molar-refractivity contribution in [2.45, 2.75) is 38.3 Å². The Balaban J connectivity index is 1.96. The number of nitrogens with zero attached hydrogens (tertiary/aromatic N) is 2. The molecule has 2 atom stereocenters. The van der Waals surface area contributed by atoms with E-state index in [1.807, 2.05) is 6.07 Å². The van der Waals surface area contributed by atoms with E-state index >= 15 is 0 Å². The van der Waals surface area contributed by atoms with E-state index in [1.54, 1.807) is 12.3 Å². The van der Waals surface area contributed by atoms with Gasteiger partial charge < -0.3 is 21.4 Å². The first kappa shape index (κ1) is 14.7. The Kier molecular flexibility index (Phi) is 5.31. The molecule has 1 aliphatic rings. The first-order chi connectivity index (χ1) is 9.74. The van der Waals surface area contributed by atoms with Crippen LogP contribution in [0.25, 0.3) is 0 Å². The van der Waals surface area contributed by atoms with Gasteiger partial charge in [-0.05, 0) is 36.5 Å². The molecule has 20 heavy (non-hydrogen) atoms. The number of rotatable bonds is 5. The number of amidine groups is 1. The van der Waals surface area contributed by atoms with Crippen LogP contribution in [0.5, 0.6) is 0 Å². The summed E-state index contributed by atoms with van der Waals surface area (Å²) < 4.78 is 0. The smallest absolute Gasteiger partial charge is 0.188 e. The number of aromatic nitrogens is 1. The maximum Gasteiger partial charge on any atom is 0.188 e. The van der Waals surface area contributed by atoms with Gasteiger partial charge in [-0.25, -0.2) is 0 Å². The molecule has 0 aliphatic heterocycles. The van der Waals surface area contributed by atoms with E-state index in [2.05, 4.69) is 15.5 Å². The van der Waals surface area contributed by atoms with Crippen LogP contribution in [-0.4, -0.2) is 33.8 Å². The van der Waals surface area contributed by atoms with Crippen LogP contribution in [0.2, 0.25) is 0 Å². The minimum Gasteiger partial charge on any atom is -0.409 e. The molecule has 0 bridgehead atoms. The number of pyridine rings is 1. The van der Waals surface area contributed by atoms with Gasteiger partial charge in [0.25, 0.3) is 0 Å². The zero-order chi connectivity index (χ0) is 14.4. The van der Waals surface area contributed by atoms with E-state index in [9.17, 15) is 5.11 Å². The van der Waals surface area contributed by atoms with E-state index in [-0.39, 0.29) is 12.4 Å². The van der Waals surface area contributed by atoms with E-state index < -0.39 is 0 Å². The molecule has 1 aromatic heterocycles. The summed E-state index contributed by atoms with van der Waals surface area (Å²) in [6.45, 7) is 0.929. The summed E-state index contributed by atoms with van der Waals surface area (Å²) in [5.41, 5.74) is 7.03. The Morgan fingerprint density at radius 2 is 2.25 bits per heavy atom. The van der Waals surface area contributed by atoms with Gasteiger partial charge in [0, 0.05) is 25.4 Å². The molecule has 1 saturated carbocycles.